The number of hydrogen-bond donors (Lipinski definition) is 0. The summed E-state index contributed by atoms with van der Waals surface area (Å²) in [6, 6.07) is 0. The summed E-state index contributed by atoms with van der Waals surface area (Å²) in [7, 11) is 3.97. The number of rotatable bonds is 0. The van der Waals surface area contributed by atoms with Crippen molar-refractivity contribution >= 4 is 0 Å². The lowest BCUT2D eigenvalue weighted by atomic mass is 10.00. The van der Waals surface area contributed by atoms with Gasteiger partial charge in [0, 0.05) is 0 Å². The van der Waals surface area contributed by atoms with Gasteiger partial charge in [0.1, 0.15) is 0 Å². The summed E-state index contributed by atoms with van der Waals surface area (Å²) in [5.74, 6) is 2.00. The summed E-state index contributed by atoms with van der Waals surface area (Å²) >= 11 is 0. The van der Waals surface area contributed by atoms with Crippen LogP contribution in [0.4, 0.5) is 0 Å². The van der Waals surface area contributed by atoms with E-state index in [0.717, 1.165) is 11.8 Å². The summed E-state index contributed by atoms with van der Waals surface area (Å²) in [6.45, 7) is 2.52. The molecule has 2 rings (SSSR count). The third-order valence-electron chi connectivity index (χ3n) is 2.68. The molecular formula is C8H14N-. The van der Waals surface area contributed by atoms with Crippen LogP contribution < -0.4 is 0 Å². The molecule has 2 unspecified atom stereocenters. The zero-order valence-electron chi connectivity index (χ0n) is 5.84. The second-order valence-electron chi connectivity index (χ2n) is 3.58. The topological polar surface area (TPSA) is 3.24 Å². The maximum Gasteiger partial charge on any atom is -0.0275 e. The molecule has 0 radical (unpaired) electrons. The fourth-order valence-corrected chi connectivity index (χ4v) is 2.31. The van der Waals surface area contributed by atoms with Crippen LogP contribution in [0.15, 0.2) is 0 Å². The Balaban J connectivity index is 2.03. The highest BCUT2D eigenvalue weighted by Gasteiger charge is 2.28. The highest BCUT2D eigenvalue weighted by molar-refractivity contribution is 4.85. The monoisotopic (exact) mass is 124 g/mol. The van der Waals surface area contributed by atoms with E-state index in [1.165, 1.54) is 32.4 Å². The van der Waals surface area contributed by atoms with E-state index in [9.17, 15) is 0 Å². The Morgan fingerprint density at radius 1 is 1.11 bits per heavy atom. The van der Waals surface area contributed by atoms with Gasteiger partial charge in [-0.25, -0.2) is 0 Å². The van der Waals surface area contributed by atoms with Crippen molar-refractivity contribution in [1.82, 2.24) is 4.90 Å². The van der Waals surface area contributed by atoms with Crippen molar-refractivity contribution in [3.63, 3.8) is 0 Å². The number of likely N-dealkylation sites (tertiary alicyclic amines) is 1. The predicted octanol–water partition coefficient (Wildman–Crippen LogP) is 1.51. The predicted molar refractivity (Wildman–Crippen MR) is 37.8 cm³/mol. The van der Waals surface area contributed by atoms with Gasteiger partial charge in [-0.3, -0.25) is 7.05 Å². The van der Waals surface area contributed by atoms with Crippen molar-refractivity contribution in [2.75, 3.05) is 13.1 Å². The van der Waals surface area contributed by atoms with E-state index in [2.05, 4.69) is 11.9 Å². The van der Waals surface area contributed by atoms with Crippen LogP contribution in [0.25, 0.3) is 0 Å². The first-order valence-electron chi connectivity index (χ1n) is 3.90. The zero-order chi connectivity index (χ0) is 6.27. The molecule has 0 amide bonds. The van der Waals surface area contributed by atoms with Crippen molar-refractivity contribution in [2.45, 2.75) is 19.3 Å². The van der Waals surface area contributed by atoms with Crippen molar-refractivity contribution in [1.29, 1.82) is 0 Å². The van der Waals surface area contributed by atoms with Gasteiger partial charge in [0.2, 0.25) is 0 Å². The molecule has 0 aromatic heterocycles. The van der Waals surface area contributed by atoms with Crippen LogP contribution in [0.3, 0.4) is 0 Å². The first-order chi connectivity index (χ1) is 4.34. The van der Waals surface area contributed by atoms with Crippen molar-refractivity contribution in [3.05, 3.63) is 7.05 Å². The molecular weight excluding hydrogens is 110 g/mol. The van der Waals surface area contributed by atoms with Gasteiger partial charge < -0.3 is 4.90 Å². The molecule has 0 N–H and O–H groups in total. The van der Waals surface area contributed by atoms with Gasteiger partial charge in [-0.2, -0.15) is 0 Å². The van der Waals surface area contributed by atoms with Crippen LogP contribution in [0.1, 0.15) is 19.3 Å². The lowest BCUT2D eigenvalue weighted by Crippen LogP contribution is -2.31. The van der Waals surface area contributed by atoms with Gasteiger partial charge in [-0.05, 0) is 44.2 Å². The molecule has 0 aromatic rings. The Hall–Kier alpha value is -0.0400. The molecule has 1 saturated heterocycles. The number of fused-ring (bicyclic) bond motifs is 2. The third kappa shape index (κ3) is 0.983. The Kier molecular flexibility index (Phi) is 1.26. The standard InChI is InChI=1S/C8H14N/c1-9-5-7-2-3-8(4-7)6-9/h7-8H,1-6H2/q-1. The lowest BCUT2D eigenvalue weighted by Gasteiger charge is -2.34. The maximum atomic E-state index is 3.97. The quantitative estimate of drug-likeness (QED) is 0.442. The SMILES string of the molecule is [CH2-]N1CC2CCC(C2)C1. The van der Waals surface area contributed by atoms with Crippen LogP contribution in [-0.4, -0.2) is 18.0 Å². The summed E-state index contributed by atoms with van der Waals surface area (Å²) in [5, 5.41) is 0. The Morgan fingerprint density at radius 3 is 2.22 bits per heavy atom. The lowest BCUT2D eigenvalue weighted by molar-refractivity contribution is 0.224. The highest BCUT2D eigenvalue weighted by atomic mass is 15.1. The molecule has 2 atom stereocenters. The number of hydrogen-bond acceptors (Lipinski definition) is 1. The molecule has 1 aliphatic heterocycles. The van der Waals surface area contributed by atoms with E-state index in [1.807, 2.05) is 0 Å². The first-order valence-corrected chi connectivity index (χ1v) is 3.90. The first kappa shape index (κ1) is 5.72. The van der Waals surface area contributed by atoms with Crippen LogP contribution in [-0.2, 0) is 0 Å². The van der Waals surface area contributed by atoms with E-state index in [-0.39, 0.29) is 0 Å². The summed E-state index contributed by atoms with van der Waals surface area (Å²) in [5.41, 5.74) is 0. The number of nitrogens with zero attached hydrogens (tertiary/aromatic N) is 1. The molecule has 2 aliphatic rings. The average Bonchev–Trinajstić information content (AvgIpc) is 2.11. The largest absolute Gasteiger partial charge is 0.459 e. The summed E-state index contributed by atoms with van der Waals surface area (Å²) in [4.78, 5) is 2.24. The average molecular weight is 124 g/mol. The molecule has 2 bridgehead atoms. The zero-order valence-corrected chi connectivity index (χ0v) is 5.84. The van der Waals surface area contributed by atoms with E-state index < -0.39 is 0 Å². The summed E-state index contributed by atoms with van der Waals surface area (Å²) < 4.78 is 0. The normalized spacial score (nSPS) is 43.7. The van der Waals surface area contributed by atoms with E-state index in [4.69, 9.17) is 0 Å². The molecule has 0 aromatic carbocycles. The van der Waals surface area contributed by atoms with Gasteiger partial charge in [0.15, 0.2) is 0 Å². The minimum absolute atomic E-state index is 1.00. The third-order valence-corrected chi connectivity index (χ3v) is 2.68. The van der Waals surface area contributed by atoms with Crippen LogP contribution in [0.5, 0.6) is 0 Å². The molecule has 9 heavy (non-hydrogen) atoms. The molecule has 1 heteroatoms. The minimum atomic E-state index is 1.00. The highest BCUT2D eigenvalue weighted by Crippen LogP contribution is 2.35. The Morgan fingerprint density at radius 2 is 1.67 bits per heavy atom. The Bertz CT molecular complexity index is 99.1. The maximum absolute atomic E-state index is 3.97. The molecule has 52 valence electrons. The van der Waals surface area contributed by atoms with Crippen LogP contribution >= 0.6 is 0 Å². The van der Waals surface area contributed by atoms with Crippen molar-refractivity contribution in [2.24, 2.45) is 11.8 Å². The second-order valence-corrected chi connectivity index (χ2v) is 3.58. The van der Waals surface area contributed by atoms with Crippen molar-refractivity contribution < 1.29 is 0 Å². The molecule has 2 fully saturated rings. The van der Waals surface area contributed by atoms with Gasteiger partial charge in [-0.15, -0.1) is 0 Å². The smallest absolute Gasteiger partial charge is 0.0275 e. The van der Waals surface area contributed by atoms with Gasteiger partial charge in [0.05, 0.1) is 0 Å². The van der Waals surface area contributed by atoms with Crippen molar-refractivity contribution in [3.8, 4) is 0 Å². The van der Waals surface area contributed by atoms with Gasteiger partial charge in [-0.1, -0.05) is 0 Å². The fraction of sp³-hybridized carbons (Fsp3) is 0.875. The second kappa shape index (κ2) is 1.98. The number of piperidine rings is 1. The van der Waals surface area contributed by atoms with Gasteiger partial charge in [0.25, 0.3) is 0 Å². The molecule has 1 heterocycles. The van der Waals surface area contributed by atoms with E-state index in [1.54, 1.807) is 0 Å². The van der Waals surface area contributed by atoms with Crippen LogP contribution in [0, 0.1) is 18.9 Å². The van der Waals surface area contributed by atoms with Gasteiger partial charge >= 0.3 is 0 Å². The minimum Gasteiger partial charge on any atom is -0.459 e. The molecule has 1 nitrogen and oxygen atoms in total. The summed E-state index contributed by atoms with van der Waals surface area (Å²) in [6.07, 6.45) is 4.43. The van der Waals surface area contributed by atoms with E-state index in [0.29, 0.717) is 0 Å². The Labute approximate surface area is 57.0 Å². The van der Waals surface area contributed by atoms with E-state index >= 15 is 0 Å². The van der Waals surface area contributed by atoms with Crippen LogP contribution in [0.2, 0.25) is 0 Å². The molecule has 1 saturated carbocycles. The molecule has 0 spiro atoms. The molecule has 1 aliphatic carbocycles. The fourth-order valence-electron chi connectivity index (χ4n) is 2.31.